The summed E-state index contributed by atoms with van der Waals surface area (Å²) in [6.07, 6.45) is 8.28. The summed E-state index contributed by atoms with van der Waals surface area (Å²) in [6, 6.07) is 5.13. The van der Waals surface area contributed by atoms with Gasteiger partial charge in [0.15, 0.2) is 0 Å². The van der Waals surface area contributed by atoms with E-state index in [4.69, 9.17) is 5.73 Å². The van der Waals surface area contributed by atoms with Crippen molar-refractivity contribution in [3.8, 4) is 0 Å². The third kappa shape index (κ3) is 5.07. The van der Waals surface area contributed by atoms with Gasteiger partial charge in [-0.25, -0.2) is 4.39 Å². The molecule has 0 fully saturated rings. The van der Waals surface area contributed by atoms with E-state index in [-0.39, 0.29) is 11.9 Å². The average molecular weight is 316 g/mol. The van der Waals surface area contributed by atoms with Crippen LogP contribution in [-0.2, 0) is 0 Å². The quantitative estimate of drug-likeness (QED) is 0.644. The van der Waals surface area contributed by atoms with Crippen molar-refractivity contribution in [3.05, 3.63) is 34.1 Å². The molecule has 0 saturated heterocycles. The molecule has 0 amide bonds. The second kappa shape index (κ2) is 8.65. The number of unbranched alkanes of at least 4 members (excludes halogenated alkanes) is 5. The lowest BCUT2D eigenvalue weighted by molar-refractivity contribution is 0.521. The Bertz CT molecular complexity index is 354. The zero-order valence-electron chi connectivity index (χ0n) is 11.1. The summed E-state index contributed by atoms with van der Waals surface area (Å²) in [5.74, 6) is -0.212. The largest absolute Gasteiger partial charge is 0.324 e. The zero-order chi connectivity index (χ0) is 13.4. The summed E-state index contributed by atoms with van der Waals surface area (Å²) < 4.78 is 14.3. The Balaban J connectivity index is 2.32. The van der Waals surface area contributed by atoms with Crippen molar-refractivity contribution in [2.24, 2.45) is 5.73 Å². The van der Waals surface area contributed by atoms with Crippen LogP contribution in [0.3, 0.4) is 0 Å². The van der Waals surface area contributed by atoms with Crippen LogP contribution in [0.4, 0.5) is 4.39 Å². The van der Waals surface area contributed by atoms with Crippen LogP contribution in [0.25, 0.3) is 0 Å². The van der Waals surface area contributed by atoms with Crippen molar-refractivity contribution in [1.82, 2.24) is 0 Å². The lowest BCUT2D eigenvalue weighted by Crippen LogP contribution is -2.12. The van der Waals surface area contributed by atoms with Gasteiger partial charge in [-0.05, 0) is 28.4 Å². The Kier molecular flexibility index (Phi) is 7.52. The SMILES string of the molecule is CCCCCCCCC(N)c1cccc(Br)c1F. The van der Waals surface area contributed by atoms with E-state index in [1.807, 2.05) is 6.07 Å². The molecule has 1 rings (SSSR count). The lowest BCUT2D eigenvalue weighted by Gasteiger charge is -2.13. The number of benzene rings is 1. The highest BCUT2D eigenvalue weighted by Gasteiger charge is 2.12. The first-order chi connectivity index (χ1) is 8.66. The highest BCUT2D eigenvalue weighted by atomic mass is 79.9. The monoisotopic (exact) mass is 315 g/mol. The molecular weight excluding hydrogens is 293 g/mol. The molecule has 1 aromatic carbocycles. The van der Waals surface area contributed by atoms with Crippen molar-refractivity contribution in [2.45, 2.75) is 57.9 Å². The second-order valence-corrected chi connectivity index (χ2v) is 5.66. The molecule has 2 N–H and O–H groups in total. The van der Waals surface area contributed by atoms with Gasteiger partial charge in [-0.1, -0.05) is 57.6 Å². The van der Waals surface area contributed by atoms with Gasteiger partial charge in [0.2, 0.25) is 0 Å². The van der Waals surface area contributed by atoms with Crippen LogP contribution in [0.5, 0.6) is 0 Å². The summed E-state index contributed by atoms with van der Waals surface area (Å²) >= 11 is 3.19. The van der Waals surface area contributed by atoms with Crippen molar-refractivity contribution < 1.29 is 4.39 Å². The molecule has 0 aliphatic rings. The molecule has 0 radical (unpaired) electrons. The fourth-order valence-electron chi connectivity index (χ4n) is 2.11. The third-order valence-corrected chi connectivity index (χ3v) is 3.86. The zero-order valence-corrected chi connectivity index (χ0v) is 12.7. The Morgan fingerprint density at radius 3 is 2.56 bits per heavy atom. The summed E-state index contributed by atoms with van der Waals surface area (Å²) in [4.78, 5) is 0. The minimum absolute atomic E-state index is 0.186. The number of halogens is 2. The van der Waals surface area contributed by atoms with E-state index < -0.39 is 0 Å². The number of hydrogen-bond acceptors (Lipinski definition) is 1. The predicted molar refractivity (Wildman–Crippen MR) is 79.0 cm³/mol. The number of hydrogen-bond donors (Lipinski definition) is 1. The Morgan fingerprint density at radius 2 is 1.83 bits per heavy atom. The molecule has 0 aliphatic heterocycles. The van der Waals surface area contributed by atoms with Gasteiger partial charge in [0, 0.05) is 11.6 Å². The van der Waals surface area contributed by atoms with E-state index >= 15 is 0 Å². The molecule has 1 atom stereocenters. The molecule has 18 heavy (non-hydrogen) atoms. The first kappa shape index (κ1) is 15.6. The van der Waals surface area contributed by atoms with Crippen LogP contribution >= 0.6 is 15.9 Å². The van der Waals surface area contributed by atoms with Gasteiger partial charge in [0.25, 0.3) is 0 Å². The molecular formula is C15H23BrFN. The maximum absolute atomic E-state index is 13.8. The molecule has 0 bridgehead atoms. The fraction of sp³-hybridized carbons (Fsp3) is 0.600. The summed E-state index contributed by atoms with van der Waals surface area (Å²) in [7, 11) is 0. The van der Waals surface area contributed by atoms with E-state index in [0.717, 1.165) is 12.8 Å². The summed E-state index contributed by atoms with van der Waals surface area (Å²) in [5, 5.41) is 0. The molecule has 0 spiro atoms. The third-order valence-electron chi connectivity index (χ3n) is 3.25. The van der Waals surface area contributed by atoms with E-state index in [1.165, 1.54) is 32.1 Å². The minimum Gasteiger partial charge on any atom is -0.324 e. The fourth-order valence-corrected chi connectivity index (χ4v) is 2.49. The normalized spacial score (nSPS) is 12.7. The van der Waals surface area contributed by atoms with Crippen molar-refractivity contribution in [1.29, 1.82) is 0 Å². The molecule has 0 aliphatic carbocycles. The molecule has 1 nitrogen and oxygen atoms in total. The van der Waals surface area contributed by atoms with Crippen LogP contribution in [0.1, 0.15) is 63.5 Å². The maximum Gasteiger partial charge on any atom is 0.142 e. The Morgan fingerprint density at radius 1 is 1.17 bits per heavy atom. The molecule has 3 heteroatoms. The first-order valence-electron chi connectivity index (χ1n) is 6.86. The Labute approximate surface area is 118 Å². The van der Waals surface area contributed by atoms with E-state index in [1.54, 1.807) is 12.1 Å². The maximum atomic E-state index is 13.8. The minimum atomic E-state index is -0.212. The lowest BCUT2D eigenvalue weighted by atomic mass is 10.00. The van der Waals surface area contributed by atoms with E-state index in [2.05, 4.69) is 22.9 Å². The van der Waals surface area contributed by atoms with Gasteiger partial charge in [-0.2, -0.15) is 0 Å². The summed E-state index contributed by atoms with van der Waals surface area (Å²) in [6.45, 7) is 2.21. The smallest absolute Gasteiger partial charge is 0.142 e. The molecule has 0 heterocycles. The van der Waals surface area contributed by atoms with Gasteiger partial charge in [-0.15, -0.1) is 0 Å². The number of rotatable bonds is 8. The van der Waals surface area contributed by atoms with Crippen LogP contribution in [-0.4, -0.2) is 0 Å². The van der Waals surface area contributed by atoms with E-state index in [0.29, 0.717) is 10.0 Å². The molecule has 0 saturated carbocycles. The molecule has 1 aromatic rings. The van der Waals surface area contributed by atoms with Gasteiger partial charge in [-0.3, -0.25) is 0 Å². The van der Waals surface area contributed by atoms with Crippen molar-refractivity contribution in [2.75, 3.05) is 0 Å². The van der Waals surface area contributed by atoms with Crippen LogP contribution < -0.4 is 5.73 Å². The van der Waals surface area contributed by atoms with E-state index in [9.17, 15) is 4.39 Å². The topological polar surface area (TPSA) is 26.0 Å². The number of nitrogens with two attached hydrogens (primary N) is 1. The standard InChI is InChI=1S/C15H23BrFN/c1-2-3-4-5-6-7-11-14(18)12-9-8-10-13(16)15(12)17/h8-10,14H,2-7,11,18H2,1H3. The van der Waals surface area contributed by atoms with Crippen LogP contribution in [0.15, 0.2) is 22.7 Å². The van der Waals surface area contributed by atoms with Crippen LogP contribution in [0.2, 0.25) is 0 Å². The van der Waals surface area contributed by atoms with Crippen LogP contribution in [0, 0.1) is 5.82 Å². The predicted octanol–water partition coefficient (Wildman–Crippen LogP) is 5.34. The highest BCUT2D eigenvalue weighted by Crippen LogP contribution is 2.25. The van der Waals surface area contributed by atoms with Gasteiger partial charge < -0.3 is 5.73 Å². The van der Waals surface area contributed by atoms with Crippen molar-refractivity contribution >= 4 is 15.9 Å². The van der Waals surface area contributed by atoms with Crippen molar-refractivity contribution in [3.63, 3.8) is 0 Å². The summed E-state index contributed by atoms with van der Waals surface area (Å²) in [5.41, 5.74) is 6.67. The average Bonchev–Trinajstić information content (AvgIpc) is 2.36. The second-order valence-electron chi connectivity index (χ2n) is 4.81. The molecule has 0 aromatic heterocycles. The van der Waals surface area contributed by atoms with Gasteiger partial charge >= 0.3 is 0 Å². The highest BCUT2D eigenvalue weighted by molar-refractivity contribution is 9.10. The molecule has 102 valence electrons. The first-order valence-corrected chi connectivity index (χ1v) is 7.65. The Hall–Kier alpha value is -0.410. The molecule has 1 unspecified atom stereocenters. The van der Waals surface area contributed by atoms with Gasteiger partial charge in [0.05, 0.1) is 4.47 Å². The van der Waals surface area contributed by atoms with Gasteiger partial charge in [0.1, 0.15) is 5.82 Å².